The number of ether oxygens (including phenoxy) is 1. The Balaban J connectivity index is 1.76. The summed E-state index contributed by atoms with van der Waals surface area (Å²) < 4.78 is 33.5. The maximum Gasteiger partial charge on any atom is 0.262 e. The van der Waals surface area contributed by atoms with E-state index in [1.165, 1.54) is 19.2 Å². The number of hydrogen-bond donors (Lipinski definition) is 3. The van der Waals surface area contributed by atoms with E-state index in [9.17, 15) is 18.0 Å². The maximum atomic E-state index is 12.9. The van der Waals surface area contributed by atoms with E-state index in [-0.39, 0.29) is 29.0 Å². The third kappa shape index (κ3) is 5.26. The van der Waals surface area contributed by atoms with Crippen LogP contribution in [0.25, 0.3) is 0 Å². The van der Waals surface area contributed by atoms with Gasteiger partial charge in [0.2, 0.25) is 5.91 Å². The van der Waals surface area contributed by atoms with Crippen LogP contribution in [0, 0.1) is 6.92 Å². The number of aryl methyl sites for hydroxylation is 1. The second-order valence-electron chi connectivity index (χ2n) is 6.81. The number of hydrogen-bond acceptors (Lipinski definition) is 5. The molecule has 0 radical (unpaired) electrons. The maximum absolute atomic E-state index is 12.9. The molecule has 2 amide bonds. The molecule has 0 bridgehead atoms. The minimum absolute atomic E-state index is 0.0292. The van der Waals surface area contributed by atoms with Crippen molar-refractivity contribution in [3.8, 4) is 5.75 Å². The van der Waals surface area contributed by atoms with Gasteiger partial charge in [0.15, 0.2) is 0 Å². The first-order valence-corrected chi connectivity index (χ1v) is 10.6. The predicted octanol–water partition coefficient (Wildman–Crippen LogP) is 1.81. The lowest BCUT2D eigenvalue weighted by atomic mass is 10.1. The van der Waals surface area contributed by atoms with Crippen LogP contribution in [0.2, 0.25) is 0 Å². The van der Waals surface area contributed by atoms with E-state index in [1.54, 1.807) is 37.3 Å². The Labute approximate surface area is 169 Å². The van der Waals surface area contributed by atoms with E-state index in [1.807, 2.05) is 0 Å². The van der Waals surface area contributed by atoms with Crippen LogP contribution in [0.4, 0.5) is 5.69 Å². The van der Waals surface area contributed by atoms with Crippen molar-refractivity contribution in [2.45, 2.75) is 30.7 Å². The van der Waals surface area contributed by atoms with Gasteiger partial charge in [0.1, 0.15) is 5.75 Å². The van der Waals surface area contributed by atoms with Crippen molar-refractivity contribution in [3.63, 3.8) is 0 Å². The van der Waals surface area contributed by atoms with Gasteiger partial charge in [-0.15, -0.1) is 0 Å². The molecule has 0 heterocycles. The molecule has 0 saturated heterocycles. The van der Waals surface area contributed by atoms with Gasteiger partial charge >= 0.3 is 0 Å². The number of carbonyl (C=O) groups is 2. The minimum Gasteiger partial charge on any atom is -0.495 e. The molecule has 29 heavy (non-hydrogen) atoms. The summed E-state index contributed by atoms with van der Waals surface area (Å²) in [6.45, 7) is 1.48. The standard InChI is InChI=1S/C20H23N3O5S/c1-13-7-8-14(20(25)21-12-19(24)22-15-9-10-15)11-18(13)29(26,27)23-16-5-3-4-6-17(16)28-2/h3-8,11,15,23H,9-10,12H2,1-2H3,(H,21,25)(H,22,24). The minimum atomic E-state index is -3.96. The van der Waals surface area contributed by atoms with Crippen molar-refractivity contribution < 1.29 is 22.7 Å². The molecule has 0 unspecified atom stereocenters. The van der Waals surface area contributed by atoms with Crippen molar-refractivity contribution in [3.05, 3.63) is 53.6 Å². The number of rotatable bonds is 8. The van der Waals surface area contributed by atoms with Gasteiger partial charge in [0.05, 0.1) is 24.2 Å². The van der Waals surface area contributed by atoms with Gasteiger partial charge < -0.3 is 15.4 Å². The smallest absolute Gasteiger partial charge is 0.262 e. The first kappa shape index (κ1) is 20.7. The molecule has 1 aliphatic rings. The predicted molar refractivity (Wildman–Crippen MR) is 108 cm³/mol. The highest BCUT2D eigenvalue weighted by Gasteiger charge is 2.24. The van der Waals surface area contributed by atoms with Crippen LogP contribution < -0.4 is 20.1 Å². The molecule has 3 rings (SSSR count). The number of carbonyl (C=O) groups excluding carboxylic acids is 2. The number of benzene rings is 2. The molecule has 2 aromatic carbocycles. The van der Waals surface area contributed by atoms with E-state index < -0.39 is 15.9 Å². The van der Waals surface area contributed by atoms with E-state index >= 15 is 0 Å². The van der Waals surface area contributed by atoms with Crippen molar-refractivity contribution in [1.29, 1.82) is 0 Å². The summed E-state index contributed by atoms with van der Waals surface area (Å²) in [5.74, 6) is -0.410. The number of amides is 2. The molecule has 0 aromatic heterocycles. The molecular formula is C20H23N3O5S. The van der Waals surface area contributed by atoms with E-state index in [0.717, 1.165) is 12.8 Å². The summed E-state index contributed by atoms with van der Waals surface area (Å²) in [6, 6.07) is 11.2. The van der Waals surface area contributed by atoms with Crippen LogP contribution in [0.5, 0.6) is 5.75 Å². The highest BCUT2D eigenvalue weighted by molar-refractivity contribution is 7.92. The number of methoxy groups -OCH3 is 1. The molecule has 1 aliphatic carbocycles. The SMILES string of the molecule is COc1ccccc1NS(=O)(=O)c1cc(C(=O)NCC(=O)NC2CC2)ccc1C. The van der Waals surface area contributed by atoms with Gasteiger partial charge in [0.25, 0.3) is 15.9 Å². The van der Waals surface area contributed by atoms with Crippen LogP contribution in [-0.4, -0.2) is 39.9 Å². The molecule has 1 saturated carbocycles. The Morgan fingerprint density at radius 2 is 1.86 bits per heavy atom. The Morgan fingerprint density at radius 1 is 1.14 bits per heavy atom. The summed E-state index contributed by atoms with van der Waals surface area (Å²) in [5, 5.41) is 5.28. The Bertz CT molecular complexity index is 1030. The zero-order valence-corrected chi connectivity index (χ0v) is 17.0. The average molecular weight is 417 g/mol. The van der Waals surface area contributed by atoms with Crippen molar-refractivity contribution >= 4 is 27.5 Å². The van der Waals surface area contributed by atoms with Crippen LogP contribution in [-0.2, 0) is 14.8 Å². The molecule has 0 atom stereocenters. The molecule has 9 heteroatoms. The van der Waals surface area contributed by atoms with Gasteiger partial charge in [-0.25, -0.2) is 8.42 Å². The summed E-state index contributed by atoms with van der Waals surface area (Å²) >= 11 is 0. The Morgan fingerprint density at radius 3 is 2.55 bits per heavy atom. The van der Waals surface area contributed by atoms with Crippen LogP contribution in [0.1, 0.15) is 28.8 Å². The van der Waals surface area contributed by atoms with Gasteiger partial charge in [-0.3, -0.25) is 14.3 Å². The van der Waals surface area contributed by atoms with Crippen LogP contribution in [0.3, 0.4) is 0 Å². The Kier molecular flexibility index (Phi) is 6.07. The highest BCUT2D eigenvalue weighted by atomic mass is 32.2. The van der Waals surface area contributed by atoms with Gasteiger partial charge in [-0.1, -0.05) is 18.2 Å². The largest absolute Gasteiger partial charge is 0.495 e. The third-order valence-corrected chi connectivity index (χ3v) is 5.95. The lowest BCUT2D eigenvalue weighted by Gasteiger charge is -2.14. The fourth-order valence-electron chi connectivity index (χ4n) is 2.73. The monoisotopic (exact) mass is 417 g/mol. The summed E-state index contributed by atoms with van der Waals surface area (Å²) in [6.07, 6.45) is 1.91. The van der Waals surface area contributed by atoms with E-state index in [2.05, 4.69) is 15.4 Å². The average Bonchev–Trinajstić information content (AvgIpc) is 3.50. The van der Waals surface area contributed by atoms with E-state index in [4.69, 9.17) is 4.74 Å². The lowest BCUT2D eigenvalue weighted by molar-refractivity contribution is -0.120. The zero-order chi connectivity index (χ0) is 21.0. The zero-order valence-electron chi connectivity index (χ0n) is 16.2. The first-order chi connectivity index (χ1) is 13.8. The second-order valence-corrected chi connectivity index (χ2v) is 8.46. The summed E-state index contributed by atoms with van der Waals surface area (Å²) in [4.78, 5) is 24.1. The van der Waals surface area contributed by atoms with Gasteiger partial charge in [-0.05, 0) is 49.6 Å². The van der Waals surface area contributed by atoms with Crippen LogP contribution in [0.15, 0.2) is 47.4 Å². The molecule has 1 fully saturated rings. The van der Waals surface area contributed by atoms with Gasteiger partial charge in [-0.2, -0.15) is 0 Å². The lowest BCUT2D eigenvalue weighted by Crippen LogP contribution is -2.37. The van der Waals surface area contributed by atoms with E-state index in [0.29, 0.717) is 17.0 Å². The number of nitrogens with one attached hydrogen (secondary N) is 3. The normalized spacial score (nSPS) is 13.4. The third-order valence-electron chi connectivity index (χ3n) is 4.44. The molecule has 0 spiro atoms. The highest BCUT2D eigenvalue weighted by Crippen LogP contribution is 2.27. The van der Waals surface area contributed by atoms with Crippen molar-refractivity contribution in [2.75, 3.05) is 18.4 Å². The van der Waals surface area contributed by atoms with Crippen molar-refractivity contribution in [2.24, 2.45) is 0 Å². The summed E-state index contributed by atoms with van der Waals surface area (Å²) in [5.41, 5.74) is 0.923. The summed E-state index contributed by atoms with van der Waals surface area (Å²) in [7, 11) is -2.51. The molecule has 8 nitrogen and oxygen atoms in total. The molecule has 0 aliphatic heterocycles. The first-order valence-electron chi connectivity index (χ1n) is 9.14. The number of para-hydroxylation sites is 2. The molecule has 3 N–H and O–H groups in total. The number of sulfonamides is 1. The van der Waals surface area contributed by atoms with Crippen LogP contribution >= 0.6 is 0 Å². The fraction of sp³-hybridized carbons (Fsp3) is 0.300. The fourth-order valence-corrected chi connectivity index (χ4v) is 4.07. The quantitative estimate of drug-likeness (QED) is 0.606. The molecule has 154 valence electrons. The topological polar surface area (TPSA) is 114 Å². The molecule has 2 aromatic rings. The van der Waals surface area contributed by atoms with Gasteiger partial charge in [0, 0.05) is 11.6 Å². The molecular weight excluding hydrogens is 394 g/mol. The number of anilines is 1. The van der Waals surface area contributed by atoms with Crippen molar-refractivity contribution in [1.82, 2.24) is 10.6 Å². The Hall–Kier alpha value is -3.07. The second kappa shape index (κ2) is 8.52.